The third-order valence-corrected chi connectivity index (χ3v) is 3.05. The van der Waals surface area contributed by atoms with Gasteiger partial charge in [-0.2, -0.15) is 0 Å². The smallest absolute Gasteiger partial charge is 0.151 e. The molecule has 0 saturated heterocycles. The van der Waals surface area contributed by atoms with Gasteiger partial charge in [-0.05, 0) is 36.4 Å². The second-order valence-electron chi connectivity index (χ2n) is 3.99. The van der Waals surface area contributed by atoms with Crippen molar-refractivity contribution >= 4 is 28.9 Å². The van der Waals surface area contributed by atoms with Gasteiger partial charge in [0.15, 0.2) is 5.15 Å². The maximum atomic E-state index is 5.80. The van der Waals surface area contributed by atoms with Crippen LogP contribution < -0.4 is 10.9 Å². The van der Waals surface area contributed by atoms with Gasteiger partial charge in [-0.1, -0.05) is 29.3 Å². The first-order valence-corrected chi connectivity index (χ1v) is 6.54. The molecule has 20 heavy (non-hydrogen) atoms. The fourth-order valence-electron chi connectivity index (χ4n) is 1.70. The molecule has 0 spiro atoms. The van der Waals surface area contributed by atoms with Crippen molar-refractivity contribution in [3.05, 3.63) is 58.5 Å². The Balaban J connectivity index is 1.96. The Morgan fingerprint density at radius 3 is 2.35 bits per heavy atom. The van der Waals surface area contributed by atoms with E-state index >= 15 is 0 Å². The average Bonchev–Trinajstić information content (AvgIpc) is 2.49. The molecule has 5 nitrogen and oxygen atoms in total. The molecular formula is C13H9Cl2N5. The second kappa shape index (κ2) is 5.48. The van der Waals surface area contributed by atoms with Crippen LogP contribution in [0.15, 0.2) is 47.6 Å². The lowest BCUT2D eigenvalue weighted by atomic mass is 10.2. The number of pyridine rings is 1. The van der Waals surface area contributed by atoms with E-state index in [0.717, 1.165) is 17.1 Å². The van der Waals surface area contributed by atoms with E-state index in [4.69, 9.17) is 23.2 Å². The third-order valence-electron chi connectivity index (χ3n) is 2.63. The Morgan fingerprint density at radius 2 is 1.65 bits per heavy atom. The summed E-state index contributed by atoms with van der Waals surface area (Å²) in [4.78, 5) is 4.53. The van der Waals surface area contributed by atoms with Crippen LogP contribution in [-0.2, 0) is 0 Å². The SMILES string of the molecule is ClC1=CC=C(c2cccc(-c3ccc(Cl)nn3)n2)NN1. The maximum absolute atomic E-state index is 5.80. The molecule has 0 bridgehead atoms. The van der Waals surface area contributed by atoms with Gasteiger partial charge in [-0.25, -0.2) is 4.98 Å². The van der Waals surface area contributed by atoms with Gasteiger partial charge in [0.25, 0.3) is 0 Å². The number of hydrogen-bond donors (Lipinski definition) is 2. The molecule has 0 atom stereocenters. The summed E-state index contributed by atoms with van der Waals surface area (Å²) in [7, 11) is 0. The standard InChI is InChI=1S/C13H9Cl2N5/c14-12-6-4-10(17-19-12)8-2-1-3-9(16-8)11-5-7-13(15)20-18-11/h1-7,17,19H. The Kier molecular flexibility index (Phi) is 3.54. The number of rotatable bonds is 2. The molecule has 2 aromatic rings. The number of nitrogens with zero attached hydrogens (tertiary/aromatic N) is 3. The predicted molar refractivity (Wildman–Crippen MR) is 78.5 cm³/mol. The van der Waals surface area contributed by atoms with Crippen LogP contribution in [0.25, 0.3) is 17.1 Å². The highest BCUT2D eigenvalue weighted by Crippen LogP contribution is 2.19. The summed E-state index contributed by atoms with van der Waals surface area (Å²) in [5, 5.41) is 8.70. The minimum Gasteiger partial charge on any atom is -0.298 e. The Morgan fingerprint density at radius 1 is 0.800 bits per heavy atom. The predicted octanol–water partition coefficient (Wildman–Crippen LogP) is 2.72. The quantitative estimate of drug-likeness (QED) is 0.835. The summed E-state index contributed by atoms with van der Waals surface area (Å²) in [5.74, 6) is 0. The number of hydrogen-bond acceptors (Lipinski definition) is 5. The van der Waals surface area contributed by atoms with E-state index in [1.54, 1.807) is 18.2 Å². The van der Waals surface area contributed by atoms with Crippen molar-refractivity contribution in [3.8, 4) is 11.4 Å². The van der Waals surface area contributed by atoms with E-state index in [0.29, 0.717) is 16.0 Å². The fraction of sp³-hybridized carbons (Fsp3) is 0. The maximum Gasteiger partial charge on any atom is 0.151 e. The molecule has 1 aliphatic rings. The van der Waals surface area contributed by atoms with Crippen molar-refractivity contribution in [2.24, 2.45) is 0 Å². The second-order valence-corrected chi connectivity index (χ2v) is 4.79. The molecule has 2 N–H and O–H groups in total. The molecule has 2 aromatic heterocycles. The highest BCUT2D eigenvalue weighted by Gasteiger charge is 2.09. The Hall–Kier alpha value is -2.11. The number of nitrogens with one attached hydrogen (secondary N) is 2. The van der Waals surface area contributed by atoms with Crippen molar-refractivity contribution in [2.45, 2.75) is 0 Å². The van der Waals surface area contributed by atoms with E-state index in [1.165, 1.54) is 0 Å². The van der Waals surface area contributed by atoms with Crippen LogP contribution in [0.5, 0.6) is 0 Å². The van der Waals surface area contributed by atoms with E-state index < -0.39 is 0 Å². The minimum atomic E-state index is 0.352. The zero-order valence-corrected chi connectivity index (χ0v) is 11.7. The summed E-state index contributed by atoms with van der Waals surface area (Å²) < 4.78 is 0. The average molecular weight is 306 g/mol. The molecule has 0 aliphatic carbocycles. The van der Waals surface area contributed by atoms with Gasteiger partial charge in [0.05, 0.1) is 17.1 Å². The number of hydrazine groups is 1. The van der Waals surface area contributed by atoms with Gasteiger partial charge >= 0.3 is 0 Å². The molecule has 1 aliphatic heterocycles. The summed E-state index contributed by atoms with van der Waals surface area (Å²) >= 11 is 11.5. The van der Waals surface area contributed by atoms with Crippen molar-refractivity contribution in [3.63, 3.8) is 0 Å². The van der Waals surface area contributed by atoms with Gasteiger partial charge in [0.1, 0.15) is 10.9 Å². The molecule has 0 unspecified atom stereocenters. The zero-order valence-electron chi connectivity index (χ0n) is 10.1. The highest BCUT2D eigenvalue weighted by atomic mass is 35.5. The first-order chi connectivity index (χ1) is 9.72. The fourth-order valence-corrected chi connectivity index (χ4v) is 1.91. The summed E-state index contributed by atoms with van der Waals surface area (Å²) in [5.41, 5.74) is 8.75. The molecule has 0 fully saturated rings. The van der Waals surface area contributed by atoms with Crippen molar-refractivity contribution in [1.82, 2.24) is 26.0 Å². The monoisotopic (exact) mass is 305 g/mol. The summed E-state index contributed by atoms with van der Waals surface area (Å²) in [6, 6.07) is 9.11. The third kappa shape index (κ3) is 2.74. The van der Waals surface area contributed by atoms with Crippen LogP contribution in [0.2, 0.25) is 5.15 Å². The normalized spacial score (nSPS) is 13.9. The minimum absolute atomic E-state index is 0.352. The van der Waals surface area contributed by atoms with Gasteiger partial charge in [0.2, 0.25) is 0 Å². The van der Waals surface area contributed by atoms with E-state index in [2.05, 4.69) is 26.0 Å². The van der Waals surface area contributed by atoms with Crippen molar-refractivity contribution in [2.75, 3.05) is 0 Å². The molecule has 0 radical (unpaired) electrons. The molecule has 0 aromatic carbocycles. The summed E-state index contributed by atoms with van der Waals surface area (Å²) in [6.45, 7) is 0. The van der Waals surface area contributed by atoms with Crippen LogP contribution in [-0.4, -0.2) is 15.2 Å². The number of halogens is 2. The van der Waals surface area contributed by atoms with Crippen LogP contribution in [0.3, 0.4) is 0 Å². The Labute approximate surface area is 125 Å². The van der Waals surface area contributed by atoms with Crippen LogP contribution in [0.1, 0.15) is 5.69 Å². The first-order valence-electron chi connectivity index (χ1n) is 5.79. The van der Waals surface area contributed by atoms with E-state index in [-0.39, 0.29) is 0 Å². The number of allylic oxidation sites excluding steroid dienone is 2. The molecule has 3 rings (SSSR count). The lowest BCUT2D eigenvalue weighted by molar-refractivity contribution is 0.768. The van der Waals surface area contributed by atoms with Gasteiger partial charge in [-0.3, -0.25) is 10.9 Å². The topological polar surface area (TPSA) is 62.7 Å². The largest absolute Gasteiger partial charge is 0.298 e. The van der Waals surface area contributed by atoms with Gasteiger partial charge in [-0.15, -0.1) is 10.2 Å². The number of aromatic nitrogens is 3. The lowest BCUT2D eigenvalue weighted by Crippen LogP contribution is -2.30. The molecular weight excluding hydrogens is 297 g/mol. The molecule has 0 amide bonds. The van der Waals surface area contributed by atoms with E-state index in [1.807, 2.05) is 24.3 Å². The molecule has 0 saturated carbocycles. The van der Waals surface area contributed by atoms with E-state index in [9.17, 15) is 0 Å². The van der Waals surface area contributed by atoms with Crippen molar-refractivity contribution < 1.29 is 0 Å². The molecule has 7 heteroatoms. The zero-order chi connectivity index (χ0) is 13.9. The van der Waals surface area contributed by atoms with Crippen LogP contribution in [0.4, 0.5) is 0 Å². The van der Waals surface area contributed by atoms with Crippen LogP contribution in [0, 0.1) is 0 Å². The molecule has 3 heterocycles. The highest BCUT2D eigenvalue weighted by molar-refractivity contribution is 6.29. The lowest BCUT2D eigenvalue weighted by Gasteiger charge is -2.15. The van der Waals surface area contributed by atoms with Crippen molar-refractivity contribution in [1.29, 1.82) is 0 Å². The van der Waals surface area contributed by atoms with Gasteiger partial charge in [0, 0.05) is 0 Å². The van der Waals surface area contributed by atoms with Crippen LogP contribution >= 0.6 is 23.2 Å². The Bertz CT molecular complexity index is 694. The molecule has 100 valence electrons. The first kappa shape index (κ1) is 12.9. The van der Waals surface area contributed by atoms with Gasteiger partial charge < -0.3 is 0 Å². The summed E-state index contributed by atoms with van der Waals surface area (Å²) in [6.07, 6.45) is 3.60.